The molecule has 3 rings (SSSR count). The van der Waals surface area contributed by atoms with Crippen LogP contribution >= 0.6 is 11.3 Å². The predicted octanol–water partition coefficient (Wildman–Crippen LogP) is 2.37. The van der Waals surface area contributed by atoms with Crippen molar-refractivity contribution in [2.45, 2.75) is 51.4 Å². The Hall–Kier alpha value is -1.01. The van der Waals surface area contributed by atoms with Crippen LogP contribution in [0, 0.1) is 5.92 Å². The zero-order valence-electron chi connectivity index (χ0n) is 11.4. The van der Waals surface area contributed by atoms with E-state index in [1.807, 2.05) is 4.52 Å². The molecule has 104 valence electrons. The average Bonchev–Trinajstić information content (AvgIpc) is 3.10. The Labute approximate surface area is 117 Å². The summed E-state index contributed by atoms with van der Waals surface area (Å²) >= 11 is 1.67. The van der Waals surface area contributed by atoms with E-state index in [1.165, 1.54) is 25.7 Å². The van der Waals surface area contributed by atoms with E-state index in [9.17, 15) is 0 Å². The summed E-state index contributed by atoms with van der Waals surface area (Å²) in [6.07, 6.45) is 7.18. The van der Waals surface area contributed by atoms with Gasteiger partial charge in [-0.3, -0.25) is 0 Å². The number of nitrogens with two attached hydrogens (primary N) is 1. The molecule has 1 unspecified atom stereocenters. The van der Waals surface area contributed by atoms with Crippen LogP contribution in [0.4, 0.5) is 0 Å². The van der Waals surface area contributed by atoms with Gasteiger partial charge in [0, 0.05) is 12.3 Å². The normalized spacial score (nSPS) is 18.4. The molecule has 0 spiro atoms. The standard InChI is InChI=1S/C13H21N5S/c1-9(8-14)6-7-11-17-18-12(10-4-2-3-5-10)15-16-13(18)19-11/h9-10H,2-8,14H2,1H3. The maximum absolute atomic E-state index is 5.65. The van der Waals surface area contributed by atoms with E-state index in [0.717, 1.165) is 35.2 Å². The van der Waals surface area contributed by atoms with Gasteiger partial charge in [0.2, 0.25) is 4.96 Å². The summed E-state index contributed by atoms with van der Waals surface area (Å²) in [5, 5.41) is 14.5. The zero-order chi connectivity index (χ0) is 13.2. The Bertz CT molecular complexity index is 540. The number of hydrogen-bond donors (Lipinski definition) is 1. The first kappa shape index (κ1) is 13.0. The predicted molar refractivity (Wildman–Crippen MR) is 76.4 cm³/mol. The molecule has 2 N–H and O–H groups in total. The van der Waals surface area contributed by atoms with E-state index in [2.05, 4.69) is 17.1 Å². The molecule has 0 bridgehead atoms. The Balaban J connectivity index is 1.77. The van der Waals surface area contributed by atoms with Crippen LogP contribution in [-0.2, 0) is 6.42 Å². The van der Waals surface area contributed by atoms with Gasteiger partial charge in [-0.2, -0.15) is 9.61 Å². The molecule has 1 aliphatic carbocycles. The maximum Gasteiger partial charge on any atom is 0.234 e. The highest BCUT2D eigenvalue weighted by molar-refractivity contribution is 7.16. The van der Waals surface area contributed by atoms with Crippen LogP contribution in [0.5, 0.6) is 0 Å². The molecule has 1 atom stereocenters. The van der Waals surface area contributed by atoms with Crippen molar-refractivity contribution >= 4 is 16.3 Å². The molecular weight excluding hydrogens is 258 g/mol. The summed E-state index contributed by atoms with van der Waals surface area (Å²) in [7, 11) is 0. The number of fused-ring (bicyclic) bond motifs is 1. The lowest BCUT2D eigenvalue weighted by Gasteiger charge is -2.05. The molecule has 19 heavy (non-hydrogen) atoms. The van der Waals surface area contributed by atoms with Crippen LogP contribution in [0.2, 0.25) is 0 Å². The summed E-state index contributed by atoms with van der Waals surface area (Å²) in [5.74, 6) is 2.19. The lowest BCUT2D eigenvalue weighted by molar-refractivity contribution is 0.540. The molecule has 5 nitrogen and oxygen atoms in total. The first-order valence-corrected chi connectivity index (χ1v) is 8.00. The van der Waals surface area contributed by atoms with Crippen molar-refractivity contribution in [2.24, 2.45) is 11.7 Å². The van der Waals surface area contributed by atoms with Crippen LogP contribution in [0.15, 0.2) is 0 Å². The molecule has 6 heteroatoms. The van der Waals surface area contributed by atoms with Crippen LogP contribution in [0.25, 0.3) is 4.96 Å². The minimum atomic E-state index is 0.559. The van der Waals surface area contributed by atoms with Gasteiger partial charge >= 0.3 is 0 Å². The van der Waals surface area contributed by atoms with E-state index in [1.54, 1.807) is 11.3 Å². The third-order valence-electron chi connectivity index (χ3n) is 4.03. The molecule has 2 heterocycles. The third-order valence-corrected chi connectivity index (χ3v) is 4.99. The highest BCUT2D eigenvalue weighted by Crippen LogP contribution is 2.33. The fourth-order valence-electron chi connectivity index (χ4n) is 2.70. The maximum atomic E-state index is 5.65. The van der Waals surface area contributed by atoms with Gasteiger partial charge in [0.25, 0.3) is 0 Å². The first-order chi connectivity index (χ1) is 9.28. The zero-order valence-corrected chi connectivity index (χ0v) is 12.2. The second kappa shape index (κ2) is 5.54. The summed E-state index contributed by atoms with van der Waals surface area (Å²) in [5.41, 5.74) is 5.65. The van der Waals surface area contributed by atoms with Crippen LogP contribution in [0.1, 0.15) is 55.8 Å². The van der Waals surface area contributed by atoms with Gasteiger partial charge in [-0.15, -0.1) is 10.2 Å². The highest BCUT2D eigenvalue weighted by atomic mass is 32.1. The molecule has 0 amide bonds. The monoisotopic (exact) mass is 279 g/mol. The molecular formula is C13H21N5S. The minimum absolute atomic E-state index is 0.559. The fraction of sp³-hybridized carbons (Fsp3) is 0.769. The molecule has 1 fully saturated rings. The van der Waals surface area contributed by atoms with E-state index in [0.29, 0.717) is 11.8 Å². The smallest absolute Gasteiger partial charge is 0.234 e. The van der Waals surface area contributed by atoms with Gasteiger partial charge in [0.15, 0.2) is 5.82 Å². The second-order valence-electron chi connectivity index (χ2n) is 5.61. The summed E-state index contributed by atoms with van der Waals surface area (Å²) < 4.78 is 1.98. The van der Waals surface area contributed by atoms with Crippen molar-refractivity contribution in [3.8, 4) is 0 Å². The van der Waals surface area contributed by atoms with Crippen LogP contribution in [-0.4, -0.2) is 26.4 Å². The topological polar surface area (TPSA) is 69.1 Å². The molecule has 1 aliphatic rings. The van der Waals surface area contributed by atoms with Crippen molar-refractivity contribution in [1.29, 1.82) is 0 Å². The van der Waals surface area contributed by atoms with Crippen LogP contribution < -0.4 is 5.73 Å². The summed E-state index contributed by atoms with van der Waals surface area (Å²) in [4.78, 5) is 0.942. The number of rotatable bonds is 5. The first-order valence-electron chi connectivity index (χ1n) is 7.19. The minimum Gasteiger partial charge on any atom is -0.330 e. The summed E-state index contributed by atoms with van der Waals surface area (Å²) in [6.45, 7) is 2.93. The van der Waals surface area contributed by atoms with Crippen molar-refractivity contribution < 1.29 is 0 Å². The van der Waals surface area contributed by atoms with Gasteiger partial charge in [0.1, 0.15) is 5.01 Å². The lowest BCUT2D eigenvalue weighted by Crippen LogP contribution is -2.11. The van der Waals surface area contributed by atoms with E-state index >= 15 is 0 Å². The van der Waals surface area contributed by atoms with Crippen molar-refractivity contribution in [2.75, 3.05) is 6.54 Å². The van der Waals surface area contributed by atoms with E-state index < -0.39 is 0 Å². The van der Waals surface area contributed by atoms with E-state index in [-0.39, 0.29) is 0 Å². The molecule has 0 aliphatic heterocycles. The highest BCUT2D eigenvalue weighted by Gasteiger charge is 2.24. The largest absolute Gasteiger partial charge is 0.330 e. The van der Waals surface area contributed by atoms with Crippen molar-refractivity contribution in [3.05, 3.63) is 10.8 Å². The number of hydrogen-bond acceptors (Lipinski definition) is 5. The Morgan fingerprint density at radius 1 is 1.37 bits per heavy atom. The molecule has 0 radical (unpaired) electrons. The Morgan fingerprint density at radius 2 is 2.16 bits per heavy atom. The van der Waals surface area contributed by atoms with Gasteiger partial charge < -0.3 is 5.73 Å². The van der Waals surface area contributed by atoms with Gasteiger partial charge in [-0.1, -0.05) is 31.1 Å². The van der Waals surface area contributed by atoms with Crippen molar-refractivity contribution in [3.63, 3.8) is 0 Å². The van der Waals surface area contributed by atoms with Gasteiger partial charge in [-0.25, -0.2) is 0 Å². The van der Waals surface area contributed by atoms with Gasteiger partial charge in [-0.05, 0) is 31.7 Å². The number of aromatic nitrogens is 4. The fourth-order valence-corrected chi connectivity index (χ4v) is 3.55. The third kappa shape index (κ3) is 2.65. The molecule has 0 aromatic carbocycles. The summed E-state index contributed by atoms with van der Waals surface area (Å²) in [6, 6.07) is 0. The van der Waals surface area contributed by atoms with Crippen molar-refractivity contribution in [1.82, 2.24) is 19.8 Å². The SMILES string of the molecule is CC(CN)CCc1nn2c(C3CCCC3)nnc2s1. The number of aryl methyl sites for hydroxylation is 1. The Morgan fingerprint density at radius 3 is 2.89 bits per heavy atom. The second-order valence-corrected chi connectivity index (χ2v) is 6.65. The quantitative estimate of drug-likeness (QED) is 0.912. The Kier molecular flexibility index (Phi) is 3.79. The lowest BCUT2D eigenvalue weighted by atomic mass is 10.1. The average molecular weight is 279 g/mol. The molecule has 1 saturated carbocycles. The van der Waals surface area contributed by atoms with Crippen LogP contribution in [0.3, 0.4) is 0 Å². The number of nitrogens with zero attached hydrogens (tertiary/aromatic N) is 4. The molecule has 2 aromatic heterocycles. The van der Waals surface area contributed by atoms with Gasteiger partial charge in [0.05, 0.1) is 0 Å². The van der Waals surface area contributed by atoms with E-state index in [4.69, 9.17) is 10.8 Å². The molecule has 2 aromatic rings. The molecule has 0 saturated heterocycles.